The lowest BCUT2D eigenvalue weighted by atomic mass is 9.98. The molecular weight excluding hydrogens is 348 g/mol. The van der Waals surface area contributed by atoms with Crippen LogP contribution in [0.4, 0.5) is 0 Å². The summed E-state index contributed by atoms with van der Waals surface area (Å²) < 4.78 is 2.03. The number of hydrogen-bond acceptors (Lipinski definition) is 3. The van der Waals surface area contributed by atoms with Gasteiger partial charge in [0.2, 0.25) is 0 Å². The van der Waals surface area contributed by atoms with Crippen molar-refractivity contribution in [1.82, 2.24) is 14.5 Å². The van der Waals surface area contributed by atoms with Crippen LogP contribution in [0.15, 0.2) is 67.3 Å². The number of carbonyl (C=O) groups excluding carboxylic acids is 1. The highest BCUT2D eigenvalue weighted by Crippen LogP contribution is 2.23. The molecule has 28 heavy (non-hydrogen) atoms. The van der Waals surface area contributed by atoms with E-state index in [1.165, 1.54) is 5.56 Å². The molecule has 1 atom stereocenters. The van der Waals surface area contributed by atoms with Crippen LogP contribution >= 0.6 is 0 Å². The van der Waals surface area contributed by atoms with Gasteiger partial charge in [-0.15, -0.1) is 0 Å². The molecule has 2 aromatic carbocycles. The van der Waals surface area contributed by atoms with Gasteiger partial charge in [-0.3, -0.25) is 4.79 Å². The SMILES string of the molecule is N#C[C@H]1CCCN(C(=O)c2cccc(-c3ccc(Cn4ccnc4)cc3)c2)C1. The molecule has 140 valence electrons. The summed E-state index contributed by atoms with van der Waals surface area (Å²) in [6, 6.07) is 18.4. The lowest BCUT2D eigenvalue weighted by Crippen LogP contribution is -2.39. The normalized spacial score (nSPS) is 16.5. The number of likely N-dealkylation sites (tertiary alicyclic amines) is 1. The van der Waals surface area contributed by atoms with Crippen molar-refractivity contribution in [1.29, 1.82) is 5.26 Å². The first kappa shape index (κ1) is 18.0. The Morgan fingerprint density at radius 3 is 2.79 bits per heavy atom. The average molecular weight is 370 g/mol. The van der Waals surface area contributed by atoms with E-state index < -0.39 is 0 Å². The lowest BCUT2D eigenvalue weighted by molar-refractivity contribution is 0.0699. The van der Waals surface area contributed by atoms with E-state index in [0.29, 0.717) is 12.1 Å². The molecule has 0 spiro atoms. The van der Waals surface area contributed by atoms with Gasteiger partial charge in [-0.25, -0.2) is 4.98 Å². The minimum Gasteiger partial charge on any atom is -0.337 e. The highest BCUT2D eigenvalue weighted by molar-refractivity contribution is 5.95. The summed E-state index contributed by atoms with van der Waals surface area (Å²) in [5.41, 5.74) is 3.98. The smallest absolute Gasteiger partial charge is 0.253 e. The summed E-state index contributed by atoms with van der Waals surface area (Å²) in [6.07, 6.45) is 7.30. The molecule has 0 unspecified atom stereocenters. The van der Waals surface area contributed by atoms with E-state index in [2.05, 4.69) is 35.3 Å². The number of piperidine rings is 1. The van der Waals surface area contributed by atoms with E-state index in [4.69, 9.17) is 5.26 Å². The van der Waals surface area contributed by atoms with Crippen molar-refractivity contribution in [2.75, 3.05) is 13.1 Å². The maximum Gasteiger partial charge on any atom is 0.253 e. The highest BCUT2D eigenvalue weighted by Gasteiger charge is 2.24. The zero-order chi connectivity index (χ0) is 19.3. The second kappa shape index (κ2) is 8.10. The van der Waals surface area contributed by atoms with Crippen molar-refractivity contribution in [2.24, 2.45) is 5.92 Å². The molecule has 1 aromatic heterocycles. The van der Waals surface area contributed by atoms with Gasteiger partial charge in [0.25, 0.3) is 5.91 Å². The van der Waals surface area contributed by atoms with Crippen molar-refractivity contribution in [3.8, 4) is 17.2 Å². The molecular formula is C23H22N4O. The standard InChI is InChI=1S/C23H22N4O/c24-14-19-3-2-11-27(16-19)23(28)22-5-1-4-21(13-22)20-8-6-18(7-9-20)15-26-12-10-25-17-26/h1,4-10,12-13,17,19H,2-3,11,15-16H2/t19-/m1/s1. The number of carbonyl (C=O) groups is 1. The number of benzene rings is 2. The number of nitriles is 1. The van der Waals surface area contributed by atoms with Crippen LogP contribution in [0, 0.1) is 17.2 Å². The molecule has 1 fully saturated rings. The van der Waals surface area contributed by atoms with E-state index in [1.807, 2.05) is 39.9 Å². The number of rotatable bonds is 4. The van der Waals surface area contributed by atoms with Gasteiger partial charge in [-0.05, 0) is 41.7 Å². The first-order chi connectivity index (χ1) is 13.7. The molecule has 0 bridgehead atoms. The van der Waals surface area contributed by atoms with Crippen LogP contribution in [-0.2, 0) is 6.54 Å². The largest absolute Gasteiger partial charge is 0.337 e. The molecule has 0 saturated carbocycles. The summed E-state index contributed by atoms with van der Waals surface area (Å²) in [5, 5.41) is 9.16. The molecule has 0 aliphatic carbocycles. The van der Waals surface area contributed by atoms with Gasteiger partial charge >= 0.3 is 0 Å². The van der Waals surface area contributed by atoms with Crippen LogP contribution in [0.3, 0.4) is 0 Å². The first-order valence-electron chi connectivity index (χ1n) is 9.57. The van der Waals surface area contributed by atoms with E-state index in [0.717, 1.165) is 37.1 Å². The molecule has 3 aromatic rings. The molecule has 1 aliphatic heterocycles. The number of nitrogens with zero attached hydrogens (tertiary/aromatic N) is 4. The van der Waals surface area contributed by atoms with E-state index in [1.54, 1.807) is 12.5 Å². The Kier molecular flexibility index (Phi) is 5.20. The Labute approximate surface area is 164 Å². The first-order valence-corrected chi connectivity index (χ1v) is 9.57. The summed E-state index contributed by atoms with van der Waals surface area (Å²) >= 11 is 0. The van der Waals surface area contributed by atoms with Crippen LogP contribution in [0.2, 0.25) is 0 Å². The fraction of sp³-hybridized carbons (Fsp3) is 0.261. The minimum atomic E-state index is -0.0519. The van der Waals surface area contributed by atoms with Crippen molar-refractivity contribution < 1.29 is 4.79 Å². The van der Waals surface area contributed by atoms with Gasteiger partial charge in [0.1, 0.15) is 0 Å². The fourth-order valence-corrected chi connectivity index (χ4v) is 3.68. The third-order valence-electron chi connectivity index (χ3n) is 5.21. The van der Waals surface area contributed by atoms with Gasteiger partial charge in [-0.2, -0.15) is 5.26 Å². The van der Waals surface area contributed by atoms with Crippen molar-refractivity contribution >= 4 is 5.91 Å². The molecule has 1 amide bonds. The van der Waals surface area contributed by atoms with Crippen molar-refractivity contribution in [3.63, 3.8) is 0 Å². The maximum atomic E-state index is 12.9. The summed E-state index contributed by atoms with van der Waals surface area (Å²) in [4.78, 5) is 18.8. The Hall–Kier alpha value is -3.39. The molecule has 4 rings (SSSR count). The minimum absolute atomic E-state index is 0.0125. The van der Waals surface area contributed by atoms with Crippen LogP contribution in [-0.4, -0.2) is 33.4 Å². The van der Waals surface area contributed by atoms with E-state index in [9.17, 15) is 4.79 Å². The second-order valence-electron chi connectivity index (χ2n) is 7.23. The third kappa shape index (κ3) is 3.96. The fourth-order valence-electron chi connectivity index (χ4n) is 3.68. The van der Waals surface area contributed by atoms with E-state index >= 15 is 0 Å². The van der Waals surface area contributed by atoms with Gasteiger partial charge < -0.3 is 9.47 Å². The summed E-state index contributed by atoms with van der Waals surface area (Å²) in [6.45, 7) is 2.04. The molecule has 2 heterocycles. The van der Waals surface area contributed by atoms with Gasteiger partial charge in [0, 0.05) is 37.6 Å². The molecule has 5 nitrogen and oxygen atoms in total. The van der Waals surface area contributed by atoms with Gasteiger partial charge in [0.05, 0.1) is 18.3 Å². The predicted molar refractivity (Wildman–Crippen MR) is 107 cm³/mol. The third-order valence-corrected chi connectivity index (χ3v) is 5.21. The summed E-state index contributed by atoms with van der Waals surface area (Å²) in [7, 11) is 0. The Balaban J connectivity index is 1.50. The summed E-state index contributed by atoms with van der Waals surface area (Å²) in [5.74, 6) is -0.0394. The number of imidazole rings is 1. The average Bonchev–Trinajstić information content (AvgIpc) is 3.27. The highest BCUT2D eigenvalue weighted by atomic mass is 16.2. The van der Waals surface area contributed by atoms with Gasteiger partial charge in [0.15, 0.2) is 0 Å². The molecule has 5 heteroatoms. The van der Waals surface area contributed by atoms with Gasteiger partial charge in [-0.1, -0.05) is 36.4 Å². The number of amides is 1. The number of hydrogen-bond donors (Lipinski definition) is 0. The van der Waals surface area contributed by atoms with Crippen molar-refractivity contribution in [2.45, 2.75) is 19.4 Å². The molecule has 1 aliphatic rings. The lowest BCUT2D eigenvalue weighted by Gasteiger charge is -2.29. The van der Waals surface area contributed by atoms with Crippen molar-refractivity contribution in [3.05, 3.63) is 78.4 Å². The molecule has 0 radical (unpaired) electrons. The monoisotopic (exact) mass is 370 g/mol. The zero-order valence-corrected chi connectivity index (χ0v) is 15.7. The van der Waals surface area contributed by atoms with Crippen LogP contribution in [0.1, 0.15) is 28.8 Å². The van der Waals surface area contributed by atoms with Crippen LogP contribution in [0.25, 0.3) is 11.1 Å². The molecule has 0 N–H and O–H groups in total. The van der Waals surface area contributed by atoms with E-state index in [-0.39, 0.29) is 11.8 Å². The Bertz CT molecular complexity index is 986. The number of aromatic nitrogens is 2. The quantitative estimate of drug-likeness (QED) is 0.698. The Morgan fingerprint density at radius 1 is 1.18 bits per heavy atom. The second-order valence-corrected chi connectivity index (χ2v) is 7.23. The van der Waals surface area contributed by atoms with Crippen LogP contribution < -0.4 is 0 Å². The predicted octanol–water partition coefficient (Wildman–Crippen LogP) is 3.97. The zero-order valence-electron chi connectivity index (χ0n) is 15.7. The Morgan fingerprint density at radius 2 is 2.04 bits per heavy atom. The topological polar surface area (TPSA) is 61.9 Å². The molecule has 1 saturated heterocycles. The van der Waals surface area contributed by atoms with Crippen LogP contribution in [0.5, 0.6) is 0 Å². The maximum absolute atomic E-state index is 12.9.